The molecule has 1 aliphatic rings. The number of tetrazole rings is 1. The van der Waals surface area contributed by atoms with E-state index in [4.69, 9.17) is 25.5 Å². The smallest absolute Gasteiger partial charge is 0.297 e. The zero-order valence-corrected chi connectivity index (χ0v) is 14.0. The molecule has 9 nitrogen and oxygen atoms in total. The largest absolute Gasteiger partial charge is 0.463 e. The molecule has 0 spiro atoms. The summed E-state index contributed by atoms with van der Waals surface area (Å²) in [5.74, 6) is -0.313. The van der Waals surface area contributed by atoms with Crippen LogP contribution in [0.25, 0.3) is 11.0 Å². The fourth-order valence-corrected chi connectivity index (χ4v) is 2.44. The first-order valence-electron chi connectivity index (χ1n) is 7.58. The maximum atomic E-state index is 12.5. The fourth-order valence-electron chi connectivity index (χ4n) is 2.26. The van der Waals surface area contributed by atoms with Gasteiger partial charge in [0.15, 0.2) is 12.5 Å². The normalized spacial score (nSPS) is 15.3. The first-order chi connectivity index (χ1) is 12.0. The number of hydrogen-bond acceptors (Lipinski definition) is 7. The van der Waals surface area contributed by atoms with Gasteiger partial charge in [0.05, 0.1) is 11.0 Å². The summed E-state index contributed by atoms with van der Waals surface area (Å²) in [7, 11) is 0. The van der Waals surface area contributed by atoms with Crippen LogP contribution in [0.3, 0.4) is 0 Å². The minimum atomic E-state index is -0.568. The lowest BCUT2D eigenvalue weighted by molar-refractivity contribution is -0.0421. The molecule has 1 amide bonds. The van der Waals surface area contributed by atoms with Gasteiger partial charge in [0, 0.05) is 5.02 Å². The van der Waals surface area contributed by atoms with Crippen molar-refractivity contribution < 1.29 is 18.7 Å². The molecule has 0 bridgehead atoms. The number of carbonyl (C=O) groups is 1. The Bertz CT molecular complexity index is 920. The minimum Gasteiger partial charge on any atom is -0.463 e. The molecule has 4 rings (SSSR count). The van der Waals surface area contributed by atoms with Crippen LogP contribution in [0.15, 0.2) is 22.6 Å². The van der Waals surface area contributed by atoms with Crippen LogP contribution in [-0.4, -0.2) is 38.9 Å². The molecule has 10 heteroatoms. The lowest BCUT2D eigenvalue weighted by atomic mass is 10.2. The Morgan fingerprint density at radius 2 is 2.32 bits per heavy atom. The SMILES string of the molecule is CC1(OCOc2c(C(=O)Nc3nn[nH]n3)oc3ccc(Cl)cc23)CC1. The molecule has 25 heavy (non-hydrogen) atoms. The van der Waals surface area contributed by atoms with Crippen LogP contribution < -0.4 is 10.1 Å². The Kier molecular flexibility index (Phi) is 3.81. The van der Waals surface area contributed by atoms with Gasteiger partial charge < -0.3 is 13.9 Å². The number of hydrogen-bond donors (Lipinski definition) is 2. The topological polar surface area (TPSA) is 115 Å². The Morgan fingerprint density at radius 1 is 1.48 bits per heavy atom. The Labute approximate surface area is 146 Å². The Balaban J connectivity index is 1.63. The van der Waals surface area contributed by atoms with Gasteiger partial charge in [0.2, 0.25) is 5.76 Å². The van der Waals surface area contributed by atoms with Crippen molar-refractivity contribution >= 4 is 34.4 Å². The number of H-pyrrole nitrogens is 1. The van der Waals surface area contributed by atoms with Gasteiger partial charge in [-0.15, -0.1) is 5.10 Å². The standard InChI is InChI=1S/C15H14ClN5O4/c1-15(4-5-15)24-7-23-11-9-6-8(16)2-3-10(9)25-12(11)13(22)17-14-18-20-21-19-14/h2-3,6H,4-5,7H2,1H3,(H2,17,18,19,20,21,22). The van der Waals surface area contributed by atoms with Crippen molar-refractivity contribution in [2.24, 2.45) is 0 Å². The number of furan rings is 1. The second kappa shape index (κ2) is 6.01. The molecule has 1 aliphatic carbocycles. The van der Waals surface area contributed by atoms with Crippen molar-refractivity contribution in [3.8, 4) is 5.75 Å². The summed E-state index contributed by atoms with van der Waals surface area (Å²) in [5, 5.41) is 16.5. The number of benzene rings is 1. The molecule has 1 fully saturated rings. The maximum Gasteiger partial charge on any atom is 0.297 e. The molecule has 0 unspecified atom stereocenters. The summed E-state index contributed by atoms with van der Waals surface area (Å²) in [5.41, 5.74) is 0.319. The molecule has 2 N–H and O–H groups in total. The van der Waals surface area contributed by atoms with Gasteiger partial charge >= 0.3 is 0 Å². The summed E-state index contributed by atoms with van der Waals surface area (Å²) < 4.78 is 17.0. The highest BCUT2D eigenvalue weighted by Gasteiger charge is 2.39. The number of nitrogens with one attached hydrogen (secondary N) is 2. The number of amides is 1. The number of ether oxygens (including phenoxy) is 2. The summed E-state index contributed by atoms with van der Waals surface area (Å²) in [6.45, 7) is 2.00. The van der Waals surface area contributed by atoms with Crippen LogP contribution in [0, 0.1) is 0 Å². The van der Waals surface area contributed by atoms with Gasteiger partial charge in [-0.05, 0) is 43.2 Å². The van der Waals surface area contributed by atoms with E-state index in [2.05, 4.69) is 25.9 Å². The van der Waals surface area contributed by atoms with E-state index in [0.29, 0.717) is 16.0 Å². The van der Waals surface area contributed by atoms with Gasteiger partial charge in [-0.2, -0.15) is 5.21 Å². The van der Waals surface area contributed by atoms with E-state index in [-0.39, 0.29) is 29.9 Å². The molecule has 0 aliphatic heterocycles. The molecule has 0 atom stereocenters. The predicted octanol–water partition coefficient (Wildman–Crippen LogP) is 2.76. The van der Waals surface area contributed by atoms with E-state index in [1.165, 1.54) is 0 Å². The number of rotatable bonds is 6. The van der Waals surface area contributed by atoms with Crippen molar-refractivity contribution in [1.82, 2.24) is 20.6 Å². The number of halogens is 1. The Hall–Kier alpha value is -2.65. The van der Waals surface area contributed by atoms with Crippen LogP contribution in [-0.2, 0) is 4.74 Å². The van der Waals surface area contributed by atoms with Gasteiger partial charge in [-0.25, -0.2) is 0 Å². The zero-order valence-electron chi connectivity index (χ0n) is 13.2. The van der Waals surface area contributed by atoms with Crippen molar-refractivity contribution in [2.75, 3.05) is 12.1 Å². The van der Waals surface area contributed by atoms with Crippen molar-refractivity contribution in [3.05, 3.63) is 29.0 Å². The average Bonchev–Trinajstić information content (AvgIpc) is 2.99. The molecule has 1 saturated carbocycles. The number of carbonyl (C=O) groups excluding carboxylic acids is 1. The van der Waals surface area contributed by atoms with Crippen LogP contribution >= 0.6 is 11.6 Å². The number of fused-ring (bicyclic) bond motifs is 1. The van der Waals surface area contributed by atoms with E-state index >= 15 is 0 Å². The molecule has 1 aromatic carbocycles. The zero-order chi connectivity index (χ0) is 17.4. The molecule has 2 heterocycles. The third-order valence-corrected chi connectivity index (χ3v) is 4.18. The fraction of sp³-hybridized carbons (Fsp3) is 0.333. The number of aromatic nitrogens is 4. The molecular weight excluding hydrogens is 350 g/mol. The van der Waals surface area contributed by atoms with Crippen LogP contribution in [0.5, 0.6) is 5.75 Å². The number of anilines is 1. The van der Waals surface area contributed by atoms with E-state index in [9.17, 15) is 4.79 Å². The monoisotopic (exact) mass is 363 g/mol. The van der Waals surface area contributed by atoms with Gasteiger partial charge in [-0.1, -0.05) is 16.7 Å². The molecule has 0 saturated heterocycles. The highest BCUT2D eigenvalue weighted by molar-refractivity contribution is 6.31. The molecule has 130 valence electrons. The maximum absolute atomic E-state index is 12.5. The van der Waals surface area contributed by atoms with Crippen LogP contribution in [0.4, 0.5) is 5.95 Å². The lowest BCUT2D eigenvalue weighted by Gasteiger charge is -2.11. The molecule has 0 radical (unpaired) electrons. The molecular formula is C15H14ClN5O4. The van der Waals surface area contributed by atoms with E-state index in [1.807, 2.05) is 6.92 Å². The van der Waals surface area contributed by atoms with E-state index in [1.54, 1.807) is 18.2 Å². The summed E-state index contributed by atoms with van der Waals surface area (Å²) >= 11 is 6.05. The molecule has 2 aromatic heterocycles. The second-order valence-corrected chi connectivity index (χ2v) is 6.38. The third kappa shape index (κ3) is 3.28. The summed E-state index contributed by atoms with van der Waals surface area (Å²) in [6, 6.07) is 5.00. The van der Waals surface area contributed by atoms with Crippen molar-refractivity contribution in [3.63, 3.8) is 0 Å². The first kappa shape index (κ1) is 15.9. The number of nitrogens with zero attached hydrogens (tertiary/aromatic N) is 3. The lowest BCUT2D eigenvalue weighted by Crippen LogP contribution is -2.16. The van der Waals surface area contributed by atoms with E-state index < -0.39 is 5.91 Å². The molecule has 3 aromatic rings. The van der Waals surface area contributed by atoms with Crippen LogP contribution in [0.2, 0.25) is 5.02 Å². The van der Waals surface area contributed by atoms with E-state index in [0.717, 1.165) is 12.8 Å². The highest BCUT2D eigenvalue weighted by Crippen LogP contribution is 2.39. The second-order valence-electron chi connectivity index (χ2n) is 5.95. The summed E-state index contributed by atoms with van der Waals surface area (Å²) in [6.07, 6.45) is 1.97. The van der Waals surface area contributed by atoms with Gasteiger partial charge in [0.1, 0.15) is 5.58 Å². The predicted molar refractivity (Wildman–Crippen MR) is 87.6 cm³/mol. The van der Waals surface area contributed by atoms with Crippen molar-refractivity contribution in [1.29, 1.82) is 0 Å². The summed E-state index contributed by atoms with van der Waals surface area (Å²) in [4.78, 5) is 12.5. The quantitative estimate of drug-likeness (QED) is 0.647. The van der Waals surface area contributed by atoms with Crippen LogP contribution in [0.1, 0.15) is 30.3 Å². The third-order valence-electron chi connectivity index (χ3n) is 3.95. The van der Waals surface area contributed by atoms with Crippen molar-refractivity contribution in [2.45, 2.75) is 25.4 Å². The van der Waals surface area contributed by atoms with Gasteiger partial charge in [-0.3, -0.25) is 10.1 Å². The Morgan fingerprint density at radius 3 is 3.04 bits per heavy atom. The number of aromatic amines is 1. The average molecular weight is 364 g/mol. The minimum absolute atomic E-state index is 0.000136. The van der Waals surface area contributed by atoms with Gasteiger partial charge in [0.25, 0.3) is 11.9 Å². The highest BCUT2D eigenvalue weighted by atomic mass is 35.5. The first-order valence-corrected chi connectivity index (χ1v) is 7.95.